The summed E-state index contributed by atoms with van der Waals surface area (Å²) in [5, 5.41) is 16.5. The Balaban J connectivity index is 1.28. The van der Waals surface area contributed by atoms with Crippen LogP contribution in [0.5, 0.6) is 5.75 Å². The van der Waals surface area contributed by atoms with Crippen molar-refractivity contribution in [3.63, 3.8) is 0 Å². The molecule has 5 heterocycles. The van der Waals surface area contributed by atoms with E-state index in [-0.39, 0.29) is 52.2 Å². The predicted molar refractivity (Wildman–Crippen MR) is 143 cm³/mol. The molecule has 218 valence electrons. The molecule has 2 fully saturated rings. The van der Waals surface area contributed by atoms with Crippen LogP contribution in [0.25, 0.3) is 20.8 Å². The van der Waals surface area contributed by atoms with Crippen LogP contribution in [0.2, 0.25) is 0 Å². The van der Waals surface area contributed by atoms with Crippen LogP contribution >= 0.6 is 11.3 Å². The van der Waals surface area contributed by atoms with Crippen molar-refractivity contribution in [1.29, 1.82) is 0 Å². The normalized spacial score (nSPS) is 22.8. The maximum atomic E-state index is 15.4. The number of aromatic nitrogens is 4. The Hall–Kier alpha value is -3.72. The Morgan fingerprint density at radius 1 is 1.32 bits per heavy atom. The molecule has 2 bridgehead atoms. The van der Waals surface area contributed by atoms with Crippen molar-refractivity contribution in [2.75, 3.05) is 19.5 Å². The lowest BCUT2D eigenvalue weighted by atomic mass is 9.95. The highest BCUT2D eigenvalue weighted by Crippen LogP contribution is 2.45. The standard InChI is InChI=1S/C26H27F4N7O3S/c1-37-12-6-7-17(37)20(27)16(8-12)33-15-5-3-4-13-14(9-26(28,29)30)23(41-22(13)15)24-34-19(40-36-24)11-31-25(38)21-18(39-2)10-32-35-21/h3-5,10,12,16-17,20,33H,6-9,11H2,1-2H3,(H,31,38)(H,32,35)/t12-,16-,17+,20-/m1/s1. The third-order valence-corrected chi connectivity index (χ3v) is 9.11. The molecule has 3 N–H and O–H groups in total. The molecule has 1 amide bonds. The Kier molecular flexibility index (Phi) is 7.09. The lowest BCUT2D eigenvalue weighted by Gasteiger charge is -2.39. The maximum absolute atomic E-state index is 15.4. The number of aromatic amines is 1. The molecule has 6 rings (SSSR count). The number of nitrogens with one attached hydrogen (secondary N) is 3. The van der Waals surface area contributed by atoms with E-state index in [1.807, 2.05) is 7.05 Å². The minimum Gasteiger partial charge on any atom is -0.493 e. The molecule has 0 saturated carbocycles. The fraction of sp³-hybridized carbons (Fsp3) is 0.462. The number of alkyl halides is 4. The Morgan fingerprint density at radius 2 is 2.15 bits per heavy atom. The summed E-state index contributed by atoms with van der Waals surface area (Å²) in [5.74, 6) is -0.321. The Labute approximate surface area is 235 Å². The Bertz CT molecular complexity index is 1570. The SMILES string of the molecule is COc1cn[nH]c1C(=O)NCc1nc(-c2sc3c(N[C@@H]4C[C@H]5CC[C@@H]([C@@H]4F)N5C)cccc3c2CC(F)(F)F)no1. The van der Waals surface area contributed by atoms with E-state index in [0.717, 1.165) is 24.2 Å². The first-order chi connectivity index (χ1) is 19.6. The van der Waals surface area contributed by atoms with Gasteiger partial charge in [0.25, 0.3) is 5.91 Å². The number of anilines is 1. The average molecular weight is 594 g/mol. The van der Waals surface area contributed by atoms with E-state index in [0.29, 0.717) is 22.2 Å². The summed E-state index contributed by atoms with van der Waals surface area (Å²) in [4.78, 5) is 19.0. The van der Waals surface area contributed by atoms with Gasteiger partial charge in [0.05, 0.1) is 47.6 Å². The number of piperidine rings is 1. The van der Waals surface area contributed by atoms with Crippen molar-refractivity contribution in [1.82, 2.24) is 30.6 Å². The smallest absolute Gasteiger partial charge is 0.393 e. The van der Waals surface area contributed by atoms with E-state index in [1.165, 1.54) is 13.3 Å². The quantitative estimate of drug-likeness (QED) is 0.252. The van der Waals surface area contributed by atoms with Crippen LogP contribution in [0.4, 0.5) is 23.2 Å². The van der Waals surface area contributed by atoms with Crippen molar-refractivity contribution in [3.8, 4) is 16.5 Å². The fourth-order valence-electron chi connectivity index (χ4n) is 5.84. The van der Waals surface area contributed by atoms with Gasteiger partial charge in [0.1, 0.15) is 6.17 Å². The summed E-state index contributed by atoms with van der Waals surface area (Å²) < 4.78 is 67.4. The van der Waals surface area contributed by atoms with Gasteiger partial charge in [-0.3, -0.25) is 14.8 Å². The maximum Gasteiger partial charge on any atom is 0.393 e. The van der Waals surface area contributed by atoms with E-state index in [2.05, 4.69) is 35.9 Å². The molecule has 4 aromatic rings. The van der Waals surface area contributed by atoms with E-state index >= 15 is 4.39 Å². The number of benzene rings is 1. The first-order valence-electron chi connectivity index (χ1n) is 13.0. The number of halogens is 4. The van der Waals surface area contributed by atoms with Gasteiger partial charge in [0, 0.05) is 12.1 Å². The van der Waals surface area contributed by atoms with Crippen molar-refractivity contribution < 1.29 is 31.6 Å². The van der Waals surface area contributed by atoms with Crippen LogP contribution < -0.4 is 15.4 Å². The van der Waals surface area contributed by atoms with E-state index in [4.69, 9.17) is 9.26 Å². The topological polar surface area (TPSA) is 121 Å². The largest absolute Gasteiger partial charge is 0.493 e. The third kappa shape index (κ3) is 5.23. The molecule has 0 unspecified atom stereocenters. The number of rotatable bonds is 8. The van der Waals surface area contributed by atoms with Crippen molar-refractivity contribution >= 4 is 33.0 Å². The molecule has 0 radical (unpaired) electrons. The van der Waals surface area contributed by atoms with E-state index in [9.17, 15) is 18.0 Å². The van der Waals surface area contributed by atoms with Gasteiger partial charge >= 0.3 is 6.18 Å². The highest BCUT2D eigenvalue weighted by atomic mass is 32.1. The lowest BCUT2D eigenvalue weighted by molar-refractivity contribution is -0.126. The molecule has 1 aromatic carbocycles. The summed E-state index contributed by atoms with van der Waals surface area (Å²) >= 11 is 1.10. The van der Waals surface area contributed by atoms with Gasteiger partial charge in [-0.15, -0.1) is 11.3 Å². The number of hydrogen-bond donors (Lipinski definition) is 3. The summed E-state index contributed by atoms with van der Waals surface area (Å²) in [6.45, 7) is -0.170. The fourth-order valence-corrected chi connectivity index (χ4v) is 7.06. The first kappa shape index (κ1) is 27.4. The molecule has 0 spiro atoms. The van der Waals surface area contributed by atoms with E-state index in [1.54, 1.807) is 18.2 Å². The molecule has 41 heavy (non-hydrogen) atoms. The second kappa shape index (κ2) is 10.6. The second-order valence-corrected chi connectivity index (χ2v) is 11.3. The van der Waals surface area contributed by atoms with Gasteiger partial charge in [-0.05, 0) is 43.3 Å². The summed E-state index contributed by atoms with van der Waals surface area (Å²) in [6, 6.07) is 4.70. The highest BCUT2D eigenvalue weighted by molar-refractivity contribution is 7.23. The van der Waals surface area contributed by atoms with Crippen molar-refractivity contribution in [2.45, 2.75) is 62.7 Å². The number of fused-ring (bicyclic) bond motifs is 3. The number of amides is 1. The molecule has 2 aliphatic rings. The van der Waals surface area contributed by atoms with Crippen LogP contribution in [0.1, 0.15) is 41.2 Å². The van der Waals surface area contributed by atoms with E-state index < -0.39 is 30.7 Å². The molecule has 2 aliphatic heterocycles. The minimum atomic E-state index is -4.49. The van der Waals surface area contributed by atoms with Gasteiger partial charge in [0.2, 0.25) is 11.7 Å². The van der Waals surface area contributed by atoms with Crippen LogP contribution in [-0.2, 0) is 13.0 Å². The molecular formula is C26H27F4N7O3S. The number of hydrogen-bond acceptors (Lipinski definition) is 9. The molecule has 2 saturated heterocycles. The lowest BCUT2D eigenvalue weighted by Crippen LogP contribution is -2.53. The number of ether oxygens (including phenoxy) is 1. The minimum absolute atomic E-state index is 0.00247. The van der Waals surface area contributed by atoms with Crippen LogP contribution in [0, 0.1) is 0 Å². The van der Waals surface area contributed by atoms with Crippen molar-refractivity contribution in [2.24, 2.45) is 0 Å². The second-order valence-electron chi connectivity index (χ2n) is 10.3. The molecule has 15 heteroatoms. The number of carbonyl (C=O) groups is 1. The summed E-state index contributed by atoms with van der Waals surface area (Å²) in [7, 11) is 3.34. The molecule has 4 atom stereocenters. The van der Waals surface area contributed by atoms with Gasteiger partial charge in [-0.25, -0.2) is 4.39 Å². The average Bonchev–Trinajstić information content (AvgIpc) is 3.71. The van der Waals surface area contributed by atoms with Crippen LogP contribution in [-0.4, -0.2) is 75.8 Å². The number of nitrogens with zero attached hydrogens (tertiary/aromatic N) is 4. The van der Waals surface area contributed by atoms with Gasteiger partial charge in [-0.2, -0.15) is 23.3 Å². The summed E-state index contributed by atoms with van der Waals surface area (Å²) in [6.07, 6.45) is -3.11. The molecule has 10 nitrogen and oxygen atoms in total. The number of carbonyl (C=O) groups excluding carboxylic acids is 1. The summed E-state index contributed by atoms with van der Waals surface area (Å²) in [5.41, 5.74) is 0.681. The van der Waals surface area contributed by atoms with Crippen LogP contribution in [0.3, 0.4) is 0 Å². The number of methoxy groups -OCH3 is 1. The van der Waals surface area contributed by atoms with Gasteiger partial charge in [0.15, 0.2) is 11.4 Å². The zero-order valence-corrected chi connectivity index (χ0v) is 22.9. The van der Waals surface area contributed by atoms with Gasteiger partial charge < -0.3 is 19.9 Å². The van der Waals surface area contributed by atoms with Gasteiger partial charge in [-0.1, -0.05) is 17.3 Å². The van der Waals surface area contributed by atoms with Crippen molar-refractivity contribution in [3.05, 3.63) is 41.5 Å². The van der Waals surface area contributed by atoms with Crippen LogP contribution in [0.15, 0.2) is 28.9 Å². The first-order valence-corrected chi connectivity index (χ1v) is 13.9. The zero-order chi connectivity index (χ0) is 28.9. The zero-order valence-electron chi connectivity index (χ0n) is 22.1. The molecular weight excluding hydrogens is 566 g/mol. The monoisotopic (exact) mass is 593 g/mol. The molecule has 3 aromatic heterocycles. The highest BCUT2D eigenvalue weighted by Gasteiger charge is 2.46. The third-order valence-electron chi connectivity index (χ3n) is 7.83. The number of thiophene rings is 1. The molecule has 0 aliphatic carbocycles. The Morgan fingerprint density at radius 3 is 2.93 bits per heavy atom. The number of H-pyrrole nitrogens is 1. The predicted octanol–water partition coefficient (Wildman–Crippen LogP) is 4.70.